The fourth-order valence-electron chi connectivity index (χ4n) is 19.9. The number of nitrogens with zero attached hydrogens (tertiary/aromatic N) is 9. The van der Waals surface area contributed by atoms with E-state index >= 15 is 0 Å². The van der Waals surface area contributed by atoms with E-state index in [1.165, 1.54) is 32.4 Å². The average molecular weight is 1830 g/mol. The van der Waals surface area contributed by atoms with Gasteiger partial charge in [0.1, 0.15) is 79.6 Å². The van der Waals surface area contributed by atoms with E-state index in [1.807, 2.05) is 252 Å². The minimum atomic E-state index is -3.55. The summed E-state index contributed by atoms with van der Waals surface area (Å²) >= 11 is 3.59. The molecule has 0 unspecified atom stereocenters. The number of aromatic nitrogens is 8. The smallest absolute Gasteiger partial charge is 0.329 e. The topological polar surface area (TPSA) is 300 Å². The van der Waals surface area contributed by atoms with Crippen LogP contribution in [0.4, 0.5) is 30.8 Å². The first-order chi connectivity index (χ1) is 63.6. The number of hydrogen-bond donors (Lipinski definition) is 5. The summed E-state index contributed by atoms with van der Waals surface area (Å²) in [4.78, 5) is 90.7. The lowest BCUT2D eigenvalue weighted by molar-refractivity contribution is -0.113. The van der Waals surface area contributed by atoms with Crippen molar-refractivity contribution in [2.75, 3.05) is 43.8 Å². The number of aliphatic imine (C=N–C) groups is 1. The highest BCUT2D eigenvalue weighted by Crippen LogP contribution is 2.50. The average Bonchev–Trinajstić information content (AvgIpc) is 1.58. The number of fused-ring (bicyclic) bond motifs is 12. The van der Waals surface area contributed by atoms with Gasteiger partial charge in [0.05, 0.1) is 60.0 Å². The number of imidazole rings is 4. The van der Waals surface area contributed by atoms with E-state index in [0.717, 1.165) is 147 Å². The summed E-state index contributed by atoms with van der Waals surface area (Å²) < 4.78 is 53.0. The van der Waals surface area contributed by atoms with E-state index in [2.05, 4.69) is 78.9 Å². The van der Waals surface area contributed by atoms with Crippen molar-refractivity contribution >= 4 is 73.1 Å². The summed E-state index contributed by atoms with van der Waals surface area (Å²) in [5, 5.41) is 15.7. The minimum absolute atomic E-state index is 0.104. The molecule has 0 radical (unpaired) electrons. The third kappa shape index (κ3) is 16.8. The number of ether oxygens (including phenoxy) is 4. The van der Waals surface area contributed by atoms with Crippen LogP contribution in [0.2, 0.25) is 0 Å². The molecule has 8 aliphatic rings. The van der Waals surface area contributed by atoms with Crippen molar-refractivity contribution in [1.29, 1.82) is 0 Å². The zero-order valence-electron chi connectivity index (χ0n) is 73.1. The van der Waals surface area contributed by atoms with Gasteiger partial charge in [0, 0.05) is 71.5 Å². The molecule has 0 fully saturated rings. The quantitative estimate of drug-likeness (QED) is 0.0499. The van der Waals surface area contributed by atoms with Crippen LogP contribution in [0.25, 0.3) is 45.0 Å². The second kappa shape index (κ2) is 35.6. The molecule has 4 aromatic heterocycles. The maximum Gasteiger partial charge on any atom is 0.329 e. The number of carbonyl (C=O) groups is 5. The number of anilines is 1. The van der Waals surface area contributed by atoms with Gasteiger partial charge in [-0.15, -0.1) is 0 Å². The first kappa shape index (κ1) is 86.1. The van der Waals surface area contributed by atoms with E-state index in [9.17, 15) is 32.4 Å². The van der Waals surface area contributed by atoms with E-state index < -0.39 is 44.1 Å². The molecule has 25 nitrogen and oxygen atoms in total. The minimum Gasteiger partial charge on any atom is -0.494 e. The Morgan fingerprint density at radius 1 is 0.412 bits per heavy atom. The molecule has 10 aromatic carbocycles. The lowest BCUT2D eigenvalue weighted by Crippen LogP contribution is -2.52. The summed E-state index contributed by atoms with van der Waals surface area (Å²) in [6.07, 6.45) is 12.0. The maximum absolute atomic E-state index is 14.1. The molecule has 4 aliphatic carbocycles. The SMILES string of the molecule is CCOc1ccc2c(c1)CC[C@]21Cc2nc(-c3ccccc3)c(Br)n2C(=O)N1.CCOc1ccc2c(c1)CC[C@]21Cc2nc(-c3ccccc3)c(N=C(c3ccccc3)c3ccccc3)n2C(=O)N1.CCOc1ccc2c(c1)CC[C@]21Cc2nc(-c3ccccc3)c(NC(=O)CS(C)(=O)=O)n2C(=O)N1.CCOc1ccc2c(c1)CC[C@]21Cc2nc(-c3ccccc3)cn2C(=O)N1. The van der Waals surface area contributed by atoms with E-state index in [-0.39, 0.29) is 29.5 Å². The number of rotatable bonds is 18. The molecule has 0 saturated carbocycles. The van der Waals surface area contributed by atoms with Crippen LogP contribution >= 0.6 is 15.9 Å². The zero-order valence-corrected chi connectivity index (χ0v) is 75.6. The summed E-state index contributed by atoms with van der Waals surface area (Å²) in [5.74, 6) is 5.55. The molecule has 5 N–H and O–H groups in total. The van der Waals surface area contributed by atoms with Gasteiger partial charge >= 0.3 is 24.1 Å². The Bertz CT molecular complexity index is 6890. The summed E-state index contributed by atoms with van der Waals surface area (Å²) in [6.45, 7) is 10.4. The largest absolute Gasteiger partial charge is 0.494 e. The number of benzene rings is 10. The van der Waals surface area contributed by atoms with Crippen LogP contribution in [-0.2, 0) is 88.2 Å². The molecule has 4 spiro atoms. The third-order valence-electron chi connectivity index (χ3n) is 25.7. The number of carbonyl (C=O) groups excluding carboxylic acids is 5. The van der Waals surface area contributed by atoms with Crippen molar-refractivity contribution in [3.8, 4) is 68.0 Å². The summed E-state index contributed by atoms with van der Waals surface area (Å²) in [5.41, 5.74) is 16.6. The van der Waals surface area contributed by atoms with Gasteiger partial charge in [0.25, 0.3) is 0 Å². The molecule has 14 aromatic rings. The number of nitrogens with one attached hydrogen (secondary N) is 5. The van der Waals surface area contributed by atoms with Crippen LogP contribution < -0.4 is 45.5 Å². The van der Waals surface area contributed by atoms with Gasteiger partial charge in [-0.2, -0.15) is 0 Å². The Morgan fingerprint density at radius 3 is 1.16 bits per heavy atom. The van der Waals surface area contributed by atoms with E-state index in [1.54, 1.807) is 13.7 Å². The van der Waals surface area contributed by atoms with Gasteiger partial charge in [-0.3, -0.25) is 9.36 Å². The van der Waals surface area contributed by atoms with Crippen molar-refractivity contribution in [2.45, 2.75) is 127 Å². The highest BCUT2D eigenvalue weighted by atomic mass is 79.9. The van der Waals surface area contributed by atoms with Crippen LogP contribution in [0.1, 0.15) is 132 Å². The molecule has 4 aliphatic heterocycles. The van der Waals surface area contributed by atoms with Crippen LogP contribution in [-0.4, -0.2) is 121 Å². The fraction of sp³-hybridized carbons (Fsp3) is 0.250. The highest BCUT2D eigenvalue weighted by Gasteiger charge is 2.51. The van der Waals surface area contributed by atoms with Crippen molar-refractivity contribution < 1.29 is 51.3 Å². The number of hydrogen-bond acceptors (Lipinski definition) is 16. The third-order valence-corrected chi connectivity index (χ3v) is 27.2. The number of aryl methyl sites for hydroxylation is 4. The monoisotopic (exact) mass is 1830 g/mol. The van der Waals surface area contributed by atoms with Gasteiger partial charge in [-0.05, 0) is 188 Å². The van der Waals surface area contributed by atoms with Crippen molar-refractivity contribution in [1.82, 2.24) is 59.5 Å². The molecule has 662 valence electrons. The molecule has 27 heteroatoms. The Balaban J connectivity index is 0.000000115. The second-order valence-corrected chi connectivity index (χ2v) is 36.9. The Morgan fingerprint density at radius 2 is 0.748 bits per heavy atom. The zero-order chi connectivity index (χ0) is 90.3. The number of sulfone groups is 1. The van der Waals surface area contributed by atoms with Gasteiger partial charge in [-0.25, -0.2) is 66.2 Å². The van der Waals surface area contributed by atoms with Crippen molar-refractivity contribution in [2.24, 2.45) is 4.99 Å². The Hall–Kier alpha value is -14.3. The number of halogens is 1. The van der Waals surface area contributed by atoms with Crippen LogP contribution in [0, 0.1) is 0 Å². The predicted molar refractivity (Wildman–Crippen MR) is 506 cm³/mol. The molecule has 131 heavy (non-hydrogen) atoms. The molecular weight excluding hydrogens is 1730 g/mol. The Labute approximate surface area is 767 Å². The molecule has 5 amide bonds. The van der Waals surface area contributed by atoms with Crippen molar-refractivity contribution in [3.63, 3.8) is 0 Å². The van der Waals surface area contributed by atoms with Gasteiger partial charge in [-0.1, -0.05) is 206 Å². The van der Waals surface area contributed by atoms with Gasteiger partial charge in [0.15, 0.2) is 15.7 Å². The van der Waals surface area contributed by atoms with E-state index in [4.69, 9.17) is 43.9 Å². The maximum atomic E-state index is 14.1. The van der Waals surface area contributed by atoms with Crippen LogP contribution in [0.3, 0.4) is 0 Å². The normalized spacial score (nSPS) is 18.8. The second-order valence-electron chi connectivity index (χ2n) is 34.1. The van der Waals surface area contributed by atoms with Gasteiger partial charge in [0.2, 0.25) is 5.91 Å². The van der Waals surface area contributed by atoms with Crippen LogP contribution in [0.5, 0.6) is 23.0 Å². The molecule has 0 bridgehead atoms. The van der Waals surface area contributed by atoms with Crippen molar-refractivity contribution in [3.05, 3.63) is 345 Å². The highest BCUT2D eigenvalue weighted by molar-refractivity contribution is 9.10. The van der Waals surface area contributed by atoms with E-state index in [0.29, 0.717) is 97.6 Å². The Kier molecular flexibility index (Phi) is 23.4. The molecule has 4 atom stereocenters. The summed E-state index contributed by atoms with van der Waals surface area (Å²) in [6, 6.07) is 82.9. The molecule has 0 saturated heterocycles. The van der Waals surface area contributed by atoms with Gasteiger partial charge < -0.3 is 45.5 Å². The predicted octanol–water partition coefficient (Wildman–Crippen LogP) is 18.5. The van der Waals surface area contributed by atoms with Crippen LogP contribution in [0.15, 0.2) is 271 Å². The molecule has 22 rings (SSSR count). The summed E-state index contributed by atoms with van der Waals surface area (Å²) in [7, 11) is -3.55. The fourth-order valence-corrected chi connectivity index (χ4v) is 21.1. The standard InChI is InChI=1S/C35H30N4O2.C25H26N4O5S.C22H20BrN3O2.C22H21N3O2/c1-2-41-28-18-19-29-27(22-28)20-21-35(29)23-30-36-32(26-16-10-5-11-17-26)33(39(30)34(40)38-35)37-31(24-12-6-3-7-13-24)25-14-8-4-9-15-25;1-3-34-18-9-10-19-17(13-18)11-12-25(19)14-20-26-22(16-7-5-4-6-8-16)23(29(20)24(31)28-25)27-21(30)15-35(2,32)33;1-2-28-16-8-9-17-15(12-16)10-11-22(17)13-18-24-19(14-6-4-3-5-7-14)20(23)26(18)21(27)25-22;1-2-27-17-8-9-18-16(12-17)10-11-22(18)13-20-23-19(14-25(20)21(26)24-22)15-6-4-3-5-7-15/h3-19,22H,2,20-21,23H2,1H3,(H,38,40);4-10,13H,3,11-12,14-15H2,1-2H3,(H,27,30)(H,28,31);3-9,12H,2,10-11,13H2,1H3,(H,25,27);3-9,12,14H,2,10-11,13H2,1H3,(H,24,26)/t35-;25-;2*22-/m0000/s1. The first-order valence-electron chi connectivity index (χ1n) is 44.5. The molecule has 8 heterocycles. The lowest BCUT2D eigenvalue weighted by Gasteiger charge is -2.35. The molecular formula is C104H97BrN14O11S. The number of amides is 5. The first-order valence-corrected chi connectivity index (χ1v) is 47.3. The lowest BCUT2D eigenvalue weighted by atomic mass is 9.86.